The molecule has 0 aromatic rings. The lowest BCUT2D eigenvalue weighted by molar-refractivity contribution is -0.141. The molecule has 0 aromatic carbocycles. The molecule has 0 amide bonds. The highest BCUT2D eigenvalue weighted by Gasteiger charge is 2.38. The molecule has 4 rings (SSSR count). The Balaban J connectivity index is 1.46. The number of allylic oxidation sites excluding steroid dienone is 2. The normalized spacial score (nSPS) is 17.4. The van der Waals surface area contributed by atoms with E-state index in [0.29, 0.717) is 26.4 Å². The summed E-state index contributed by atoms with van der Waals surface area (Å²) in [6, 6.07) is 0. The van der Waals surface area contributed by atoms with Crippen LogP contribution in [-0.2, 0) is 38.1 Å². The van der Waals surface area contributed by atoms with Crippen LogP contribution in [0.5, 0.6) is 0 Å². The van der Waals surface area contributed by atoms with E-state index in [1.54, 1.807) is 23.5 Å². The van der Waals surface area contributed by atoms with Gasteiger partial charge in [-0.1, -0.05) is 159 Å². The zero-order valence-electron chi connectivity index (χ0n) is 28.8. The maximum absolute atomic E-state index is 13.0. The molecule has 4 heterocycles. The van der Waals surface area contributed by atoms with E-state index in [4.69, 9.17) is 18.9 Å². The number of esters is 4. The molecule has 0 radical (unpaired) electrons. The van der Waals surface area contributed by atoms with Gasteiger partial charge in [0.2, 0.25) is 0 Å². The second kappa shape index (κ2) is 23.4. The van der Waals surface area contributed by atoms with Gasteiger partial charge < -0.3 is 18.9 Å². The van der Waals surface area contributed by atoms with Gasteiger partial charge in [0.05, 0.1) is 59.0 Å². The van der Waals surface area contributed by atoms with Crippen molar-refractivity contribution in [2.24, 2.45) is 0 Å². The average molecular weight is 1080 g/mol. The number of ether oxygens (including phenoxy) is 4. The number of hydrogen-bond donors (Lipinski definition) is 0. The van der Waals surface area contributed by atoms with Crippen molar-refractivity contribution in [2.45, 2.75) is 79.1 Å². The molecule has 282 valence electrons. The molecule has 0 bridgehead atoms. The van der Waals surface area contributed by atoms with Gasteiger partial charge in [-0.05, 0) is 70.9 Å². The van der Waals surface area contributed by atoms with Gasteiger partial charge in [0, 0.05) is 0 Å². The van der Waals surface area contributed by atoms with Gasteiger partial charge in [-0.15, -0.1) is 0 Å². The van der Waals surface area contributed by atoms with E-state index in [9.17, 15) is 19.2 Å². The first-order valence-electron chi connectivity index (χ1n) is 16.5. The molecule has 18 heteroatoms. The summed E-state index contributed by atoms with van der Waals surface area (Å²) in [6.07, 6.45) is 6.57. The lowest BCUT2D eigenvalue weighted by Crippen LogP contribution is -2.12. The predicted molar refractivity (Wildman–Crippen MR) is 242 cm³/mol. The Hall–Kier alpha value is 0.140. The van der Waals surface area contributed by atoms with Gasteiger partial charge >= 0.3 is 23.9 Å². The van der Waals surface area contributed by atoms with E-state index in [2.05, 4.69) is 57.0 Å². The van der Waals surface area contributed by atoms with Crippen LogP contribution in [-0.4, -0.2) is 50.3 Å². The van der Waals surface area contributed by atoms with Crippen molar-refractivity contribution in [3.8, 4) is 11.8 Å². The van der Waals surface area contributed by atoms with E-state index in [-0.39, 0.29) is 19.6 Å². The van der Waals surface area contributed by atoms with Crippen LogP contribution in [0.2, 0.25) is 0 Å². The molecule has 52 heavy (non-hydrogen) atoms. The fourth-order valence-electron chi connectivity index (χ4n) is 3.79. The Morgan fingerprint density at radius 2 is 0.692 bits per heavy atom. The highest BCUT2D eigenvalue weighted by atomic mass is 127. The van der Waals surface area contributed by atoms with Gasteiger partial charge in [0.25, 0.3) is 0 Å². The first kappa shape index (κ1) is 44.8. The quantitative estimate of drug-likeness (QED) is 0.0481. The highest BCUT2D eigenvalue weighted by Crippen LogP contribution is 2.63. The van der Waals surface area contributed by atoms with Crippen molar-refractivity contribution in [1.82, 2.24) is 0 Å². The van der Waals surface area contributed by atoms with E-state index in [1.165, 1.54) is 70.6 Å². The van der Waals surface area contributed by atoms with Crippen molar-refractivity contribution in [2.75, 3.05) is 26.4 Å². The van der Waals surface area contributed by atoms with E-state index >= 15 is 0 Å². The summed E-state index contributed by atoms with van der Waals surface area (Å²) in [5.41, 5.74) is 0. The first-order valence-corrected chi connectivity index (χ1v) is 25.2. The topological polar surface area (TPSA) is 105 Å². The third-order valence-electron chi connectivity index (χ3n) is 6.59. The molecule has 0 unspecified atom stereocenters. The van der Waals surface area contributed by atoms with Crippen LogP contribution in [0.4, 0.5) is 0 Å². The molecule has 4 aliphatic rings. The van der Waals surface area contributed by atoms with Crippen molar-refractivity contribution < 1.29 is 38.1 Å². The Bertz CT molecular complexity index is 1510. The minimum Gasteiger partial charge on any atom is -0.462 e. The zero-order valence-corrected chi connectivity index (χ0v) is 39.6. The second-order valence-corrected chi connectivity index (χ2v) is 23.5. The van der Waals surface area contributed by atoms with Crippen LogP contribution in [0.15, 0.2) is 52.2 Å². The van der Waals surface area contributed by atoms with E-state index in [1.807, 2.05) is 27.7 Å². The molecule has 0 atom stereocenters. The molecule has 0 fully saturated rings. The third kappa shape index (κ3) is 12.8. The smallest absolute Gasteiger partial charge is 0.346 e. The van der Waals surface area contributed by atoms with Gasteiger partial charge in [-0.25, -0.2) is 19.2 Å². The maximum atomic E-state index is 13.0. The number of carbonyl (C=O) groups excluding carboxylic acids is 4. The predicted octanol–water partition coefficient (Wildman–Crippen LogP) is 12.2. The number of rotatable bonds is 16. The molecule has 0 aliphatic carbocycles. The number of hydrogen-bond acceptors (Lipinski definition) is 16. The van der Waals surface area contributed by atoms with Crippen molar-refractivity contribution in [3.05, 3.63) is 52.2 Å². The van der Waals surface area contributed by atoms with Crippen LogP contribution in [0, 0.1) is 11.8 Å². The zero-order chi connectivity index (χ0) is 37.6. The molecular weight excluding hydrogens is 1050 g/mol. The molecule has 0 saturated carbocycles. The lowest BCUT2D eigenvalue weighted by atomic mass is 10.3. The minimum atomic E-state index is -0.503. The van der Waals surface area contributed by atoms with E-state index in [0.717, 1.165) is 83.9 Å². The van der Waals surface area contributed by atoms with Crippen LogP contribution in [0.25, 0.3) is 0 Å². The Morgan fingerprint density at radius 3 is 0.942 bits per heavy atom. The van der Waals surface area contributed by atoms with Gasteiger partial charge in [0.1, 0.15) is 19.6 Å². The SMILES string of the molecule is CCCCOC(=O)C1=C(C(=O)OCCCC)SC(=C2SC(I)=C(C#CC3=C(I)SC(=C4SC(C(=O)OCCCC)=C(C(=O)OCCCC)S4)S3)S2)S1. The average Bonchev–Trinajstić information content (AvgIpc) is 3.92. The highest BCUT2D eigenvalue weighted by molar-refractivity contribution is 14.1. The Labute approximate surface area is 366 Å². The van der Waals surface area contributed by atoms with Crippen LogP contribution < -0.4 is 0 Å². The van der Waals surface area contributed by atoms with E-state index < -0.39 is 23.9 Å². The van der Waals surface area contributed by atoms with Crippen molar-refractivity contribution >= 4 is 163 Å². The maximum Gasteiger partial charge on any atom is 0.346 e. The summed E-state index contributed by atoms with van der Waals surface area (Å²) in [7, 11) is 0. The van der Waals surface area contributed by atoms with Gasteiger partial charge in [0.15, 0.2) is 0 Å². The monoisotopic (exact) mass is 1080 g/mol. The summed E-state index contributed by atoms with van der Waals surface area (Å²) in [5, 5.41) is 0. The van der Waals surface area contributed by atoms with Crippen molar-refractivity contribution in [3.63, 3.8) is 0 Å². The summed E-state index contributed by atoms with van der Waals surface area (Å²) < 4.78 is 27.4. The molecule has 4 aliphatic heterocycles. The summed E-state index contributed by atoms with van der Waals surface area (Å²) in [6.45, 7) is 9.29. The number of unbranched alkanes of at least 4 members (excludes halogenated alkanes) is 4. The molecule has 0 saturated heterocycles. The van der Waals surface area contributed by atoms with Gasteiger partial charge in [-0.3, -0.25) is 0 Å². The minimum absolute atomic E-state index is 0.271. The fraction of sp³-hybridized carbons (Fsp3) is 0.471. The number of carbonyl (C=O) groups is 4. The first-order chi connectivity index (χ1) is 25.1. The molecule has 0 N–H and O–H groups in total. The summed E-state index contributed by atoms with van der Waals surface area (Å²) >= 11 is 15.7. The second-order valence-electron chi connectivity index (χ2n) is 10.7. The third-order valence-corrected chi connectivity index (χ3v) is 20.5. The molecular formula is C34H36I2O8S8. The Morgan fingerprint density at radius 1 is 0.442 bits per heavy atom. The van der Waals surface area contributed by atoms with Crippen LogP contribution in [0.1, 0.15) is 79.1 Å². The summed E-state index contributed by atoms with van der Waals surface area (Å²) in [4.78, 5) is 54.9. The standard InChI is InChI=1S/C34H36I2O8S8/c1-5-9-15-41-27(37)21-22(28(38)42-16-10-6-2)48-33(47-21)31-45-19(25(35)51-31)13-14-20-26(36)52-32(46-20)34-49-23(29(39)43-17-11-7-3)24(50-34)30(40)44-18-12-8-4/h5-12,15-18H2,1-4H3. The number of halogens is 2. The molecule has 0 spiro atoms. The Kier molecular flexibility index (Phi) is 20.2. The van der Waals surface area contributed by atoms with Gasteiger partial charge in [-0.2, -0.15) is 0 Å². The fourth-order valence-corrected chi connectivity index (χ4v) is 16.6. The largest absolute Gasteiger partial charge is 0.462 e. The summed E-state index contributed by atoms with van der Waals surface area (Å²) in [5.74, 6) is 4.67. The number of thioether (sulfide) groups is 8. The lowest BCUT2D eigenvalue weighted by Gasteiger charge is -2.06. The molecule has 0 aromatic heterocycles. The van der Waals surface area contributed by atoms with Crippen molar-refractivity contribution in [1.29, 1.82) is 0 Å². The van der Waals surface area contributed by atoms with Crippen LogP contribution in [0.3, 0.4) is 0 Å². The van der Waals surface area contributed by atoms with Crippen LogP contribution >= 0.6 is 139 Å². The molecule has 8 nitrogen and oxygen atoms in total.